The van der Waals surface area contributed by atoms with Crippen LogP contribution in [0.2, 0.25) is 0 Å². The Morgan fingerprint density at radius 3 is 2.72 bits per heavy atom. The lowest BCUT2D eigenvalue weighted by molar-refractivity contribution is -0.0505. The van der Waals surface area contributed by atoms with Crippen LogP contribution in [0.3, 0.4) is 0 Å². The third-order valence-corrected chi connectivity index (χ3v) is 4.99. The molecule has 29 heavy (non-hydrogen) atoms. The summed E-state index contributed by atoms with van der Waals surface area (Å²) in [6.07, 6.45) is 1.79. The molecule has 160 valence electrons. The molecule has 7 nitrogen and oxygen atoms in total. The maximum Gasteiger partial charge on any atom is 0.387 e. The molecule has 1 aromatic heterocycles. The summed E-state index contributed by atoms with van der Waals surface area (Å²) in [4.78, 5) is 8.58. The van der Waals surface area contributed by atoms with E-state index in [4.69, 9.17) is 9.47 Å². The van der Waals surface area contributed by atoms with Crippen molar-refractivity contribution in [1.29, 1.82) is 0 Å². The summed E-state index contributed by atoms with van der Waals surface area (Å²) in [5, 5.41) is 9.44. The summed E-state index contributed by atoms with van der Waals surface area (Å²) < 4.78 is 40.6. The van der Waals surface area contributed by atoms with Crippen LogP contribution in [0.15, 0.2) is 22.5 Å². The van der Waals surface area contributed by atoms with Crippen molar-refractivity contribution >= 4 is 41.3 Å². The average Bonchev–Trinajstić information content (AvgIpc) is 3.28. The Morgan fingerprint density at radius 1 is 1.31 bits per heavy atom. The lowest BCUT2D eigenvalue weighted by atomic mass is 10.1. The quantitative estimate of drug-likeness (QED) is 0.230. The number of nitrogens with zero attached hydrogens (tertiary/aromatic N) is 2. The number of alkyl halides is 2. The number of rotatable bonds is 8. The Bertz CT molecular complexity index is 835. The fraction of sp³-hybridized carbons (Fsp3) is 0.444. The van der Waals surface area contributed by atoms with Crippen LogP contribution in [0, 0.1) is 6.92 Å². The number of benzene rings is 1. The first-order valence-corrected chi connectivity index (χ1v) is 9.66. The van der Waals surface area contributed by atoms with Gasteiger partial charge in [-0.25, -0.2) is 4.98 Å². The second-order valence-corrected chi connectivity index (χ2v) is 6.97. The van der Waals surface area contributed by atoms with Gasteiger partial charge >= 0.3 is 6.61 Å². The zero-order valence-electron chi connectivity index (χ0n) is 16.0. The predicted octanol–water partition coefficient (Wildman–Crippen LogP) is 3.70. The van der Waals surface area contributed by atoms with Crippen LogP contribution in [-0.2, 0) is 13.0 Å². The maximum absolute atomic E-state index is 12.7. The third-order valence-electron chi connectivity index (χ3n) is 3.97. The molecule has 0 aliphatic carbocycles. The first-order valence-electron chi connectivity index (χ1n) is 8.78. The molecule has 0 atom stereocenters. The van der Waals surface area contributed by atoms with Crippen molar-refractivity contribution in [3.63, 3.8) is 0 Å². The van der Waals surface area contributed by atoms with Gasteiger partial charge in [0.2, 0.25) is 6.79 Å². The van der Waals surface area contributed by atoms with Crippen molar-refractivity contribution in [2.45, 2.75) is 32.9 Å². The number of guanidine groups is 1. The van der Waals surface area contributed by atoms with E-state index < -0.39 is 6.61 Å². The van der Waals surface area contributed by atoms with Gasteiger partial charge in [-0.2, -0.15) is 8.78 Å². The number of hydrogen-bond acceptors (Lipinski definition) is 6. The minimum atomic E-state index is -2.92. The van der Waals surface area contributed by atoms with Crippen LogP contribution >= 0.6 is 35.3 Å². The van der Waals surface area contributed by atoms with E-state index in [0.717, 1.165) is 23.5 Å². The van der Waals surface area contributed by atoms with E-state index in [1.54, 1.807) is 24.5 Å². The topological polar surface area (TPSA) is 77.0 Å². The van der Waals surface area contributed by atoms with E-state index in [-0.39, 0.29) is 43.1 Å². The number of fused-ring (bicyclic) bond motifs is 1. The third kappa shape index (κ3) is 6.84. The van der Waals surface area contributed by atoms with E-state index in [1.165, 1.54) is 6.07 Å². The van der Waals surface area contributed by atoms with Gasteiger partial charge in [-0.05, 0) is 19.4 Å². The first kappa shape index (κ1) is 23.4. The summed E-state index contributed by atoms with van der Waals surface area (Å²) in [5.74, 6) is 1.50. The number of halogens is 3. The van der Waals surface area contributed by atoms with Gasteiger partial charge in [0.05, 0.1) is 5.01 Å². The van der Waals surface area contributed by atoms with Crippen molar-refractivity contribution in [2.75, 3.05) is 20.4 Å². The number of aliphatic imine (C=N–C) groups is 1. The molecule has 11 heteroatoms. The molecular formula is C18H23F2IN4O3S. The van der Waals surface area contributed by atoms with Gasteiger partial charge in [-0.15, -0.1) is 35.3 Å². The van der Waals surface area contributed by atoms with E-state index in [2.05, 4.69) is 25.3 Å². The fourth-order valence-corrected chi connectivity index (χ4v) is 3.49. The number of nitrogens with one attached hydrogen (secondary N) is 2. The monoisotopic (exact) mass is 540 g/mol. The smallest absolute Gasteiger partial charge is 0.387 e. The summed E-state index contributed by atoms with van der Waals surface area (Å²) in [6.45, 7) is 0.0594. The fourth-order valence-electron chi connectivity index (χ4n) is 2.67. The Hall–Kier alpha value is -1.89. The summed E-state index contributed by atoms with van der Waals surface area (Å²) in [6, 6.07) is 3.04. The van der Waals surface area contributed by atoms with Gasteiger partial charge in [-0.1, -0.05) is 0 Å². The normalized spacial score (nSPS) is 12.7. The van der Waals surface area contributed by atoms with Crippen molar-refractivity contribution < 1.29 is 23.0 Å². The molecule has 2 aromatic rings. The molecule has 0 fully saturated rings. The highest BCUT2D eigenvalue weighted by Crippen LogP contribution is 2.38. The van der Waals surface area contributed by atoms with Crippen LogP contribution in [0.5, 0.6) is 17.2 Å². The van der Waals surface area contributed by atoms with E-state index in [0.29, 0.717) is 29.6 Å². The summed E-state index contributed by atoms with van der Waals surface area (Å²) >= 11 is 1.66. The molecule has 0 unspecified atom stereocenters. The average molecular weight is 540 g/mol. The largest absolute Gasteiger partial charge is 0.454 e. The van der Waals surface area contributed by atoms with Crippen molar-refractivity contribution in [3.8, 4) is 17.2 Å². The molecular weight excluding hydrogens is 517 g/mol. The van der Waals surface area contributed by atoms with Gasteiger partial charge in [0.25, 0.3) is 0 Å². The van der Waals surface area contributed by atoms with Crippen LogP contribution in [-0.4, -0.2) is 37.9 Å². The van der Waals surface area contributed by atoms with Crippen LogP contribution in [0.1, 0.15) is 22.7 Å². The van der Waals surface area contributed by atoms with Crippen molar-refractivity contribution in [2.24, 2.45) is 4.99 Å². The molecule has 3 rings (SSSR count). The lowest BCUT2D eigenvalue weighted by Crippen LogP contribution is -2.37. The molecule has 1 aliphatic heterocycles. The molecule has 0 radical (unpaired) electrons. The number of hydrogen-bond donors (Lipinski definition) is 2. The SMILES string of the molecule is CN=C(NCCCc1nc(C)cs1)NCc1cc2c(cc1OC(F)F)OCO2.I. The second kappa shape index (κ2) is 11.3. The zero-order chi connectivity index (χ0) is 19.9. The highest BCUT2D eigenvalue weighted by molar-refractivity contribution is 14.0. The Balaban J connectivity index is 0.00000300. The number of aryl methyl sites for hydroxylation is 2. The highest BCUT2D eigenvalue weighted by Gasteiger charge is 2.20. The molecule has 0 spiro atoms. The summed E-state index contributed by atoms with van der Waals surface area (Å²) in [7, 11) is 1.65. The minimum Gasteiger partial charge on any atom is -0.454 e. The van der Waals surface area contributed by atoms with Crippen molar-refractivity contribution in [1.82, 2.24) is 15.6 Å². The Morgan fingerprint density at radius 2 is 2.07 bits per heavy atom. The molecule has 1 aromatic carbocycles. The van der Waals surface area contributed by atoms with E-state index in [1.807, 2.05) is 12.3 Å². The maximum atomic E-state index is 12.7. The lowest BCUT2D eigenvalue weighted by Gasteiger charge is -2.15. The number of ether oxygens (including phenoxy) is 3. The van der Waals surface area contributed by atoms with Gasteiger partial charge < -0.3 is 24.8 Å². The van der Waals surface area contributed by atoms with E-state index >= 15 is 0 Å². The Kier molecular flexibility index (Phi) is 9.14. The molecule has 1 aliphatic rings. The van der Waals surface area contributed by atoms with Gasteiger partial charge in [-0.3, -0.25) is 4.99 Å². The van der Waals surface area contributed by atoms with Crippen molar-refractivity contribution in [3.05, 3.63) is 33.8 Å². The molecule has 2 N–H and O–H groups in total. The Labute approximate surface area is 188 Å². The first-order chi connectivity index (χ1) is 13.5. The predicted molar refractivity (Wildman–Crippen MR) is 118 cm³/mol. The minimum absolute atomic E-state index is 0. The highest BCUT2D eigenvalue weighted by atomic mass is 127. The van der Waals surface area contributed by atoms with E-state index in [9.17, 15) is 8.78 Å². The second-order valence-electron chi connectivity index (χ2n) is 6.03. The molecule has 2 heterocycles. The van der Waals surface area contributed by atoms with Crippen LogP contribution < -0.4 is 24.8 Å². The molecule has 0 saturated carbocycles. The number of thiazole rings is 1. The number of aromatic nitrogens is 1. The molecule has 0 saturated heterocycles. The van der Waals surface area contributed by atoms with Crippen LogP contribution in [0.4, 0.5) is 8.78 Å². The molecule has 0 amide bonds. The zero-order valence-corrected chi connectivity index (χ0v) is 19.2. The molecule has 0 bridgehead atoms. The van der Waals surface area contributed by atoms with Crippen LogP contribution in [0.25, 0.3) is 0 Å². The van der Waals surface area contributed by atoms with Gasteiger partial charge in [0.15, 0.2) is 17.5 Å². The van der Waals surface area contributed by atoms with Gasteiger partial charge in [0, 0.05) is 49.3 Å². The van der Waals surface area contributed by atoms with Gasteiger partial charge in [0.1, 0.15) is 5.75 Å². The summed E-state index contributed by atoms with van der Waals surface area (Å²) in [5.41, 5.74) is 1.56. The standard InChI is InChI=1S/C18H22F2N4O3S.HI/c1-11-9-28-16(24-11)4-3-5-22-18(21-2)23-8-12-6-14-15(26-10-25-14)7-13(12)27-17(19)20;/h6-7,9,17H,3-5,8,10H2,1-2H3,(H2,21,22,23);1H.